The molecule has 2 rings (SSSR count). The molecular weight excluding hydrogens is 307 g/mol. The minimum absolute atomic E-state index is 0.143. The van der Waals surface area contributed by atoms with Crippen molar-refractivity contribution in [1.29, 1.82) is 0 Å². The van der Waals surface area contributed by atoms with Crippen LogP contribution in [0.3, 0.4) is 0 Å². The zero-order valence-corrected chi connectivity index (χ0v) is 13.4. The molecule has 1 N–H and O–H groups in total. The van der Waals surface area contributed by atoms with E-state index in [1.165, 1.54) is 0 Å². The Labute approximate surface area is 123 Å². The molecule has 0 aliphatic carbocycles. The molecule has 1 aliphatic rings. The van der Waals surface area contributed by atoms with Crippen LogP contribution in [0.1, 0.15) is 27.2 Å². The number of piperidine rings is 1. The van der Waals surface area contributed by atoms with E-state index in [-0.39, 0.29) is 5.82 Å². The van der Waals surface area contributed by atoms with Crippen molar-refractivity contribution in [2.24, 2.45) is 5.92 Å². The molecular formula is C15H22BrFN2. The summed E-state index contributed by atoms with van der Waals surface area (Å²) >= 11 is 3.31. The maximum absolute atomic E-state index is 14.1. The molecule has 1 saturated heterocycles. The minimum Gasteiger partial charge on any atom is -0.366 e. The van der Waals surface area contributed by atoms with Gasteiger partial charge in [0.05, 0.1) is 5.69 Å². The first kappa shape index (κ1) is 14.8. The molecule has 0 radical (unpaired) electrons. The summed E-state index contributed by atoms with van der Waals surface area (Å²) in [5.41, 5.74) is 0.720. The maximum atomic E-state index is 14.1. The van der Waals surface area contributed by atoms with E-state index < -0.39 is 0 Å². The zero-order valence-electron chi connectivity index (χ0n) is 11.8. The van der Waals surface area contributed by atoms with E-state index in [2.05, 4.69) is 46.9 Å². The first-order chi connectivity index (χ1) is 9.04. The van der Waals surface area contributed by atoms with Gasteiger partial charge >= 0.3 is 0 Å². The summed E-state index contributed by atoms with van der Waals surface area (Å²) in [5, 5.41) is 3.53. The SMILES string of the molecule is CCNC1CCN(c2ccc(Br)cc2F)C(C)C1C. The van der Waals surface area contributed by atoms with Crippen LogP contribution in [-0.4, -0.2) is 25.2 Å². The Morgan fingerprint density at radius 3 is 2.79 bits per heavy atom. The third kappa shape index (κ3) is 3.11. The molecule has 0 aromatic heterocycles. The smallest absolute Gasteiger partial charge is 0.147 e. The molecule has 1 aliphatic heterocycles. The summed E-state index contributed by atoms with van der Waals surface area (Å²) in [6.45, 7) is 8.48. The van der Waals surface area contributed by atoms with Crippen molar-refractivity contribution in [2.75, 3.05) is 18.0 Å². The topological polar surface area (TPSA) is 15.3 Å². The second-order valence-electron chi connectivity index (χ2n) is 5.34. The molecule has 0 bridgehead atoms. The number of anilines is 1. The summed E-state index contributed by atoms with van der Waals surface area (Å²) < 4.78 is 14.9. The lowest BCUT2D eigenvalue weighted by Gasteiger charge is -2.44. The minimum atomic E-state index is -0.143. The standard InChI is InChI=1S/C15H22BrFN2/c1-4-18-14-7-8-19(11(3)10(14)2)15-6-5-12(16)9-13(15)17/h5-6,9-11,14,18H,4,7-8H2,1-3H3. The fraction of sp³-hybridized carbons (Fsp3) is 0.600. The molecule has 2 nitrogen and oxygen atoms in total. The predicted octanol–water partition coefficient (Wildman–Crippen LogP) is 3.80. The molecule has 0 amide bonds. The summed E-state index contributed by atoms with van der Waals surface area (Å²) in [5.74, 6) is 0.368. The molecule has 3 atom stereocenters. The Balaban J connectivity index is 2.18. The van der Waals surface area contributed by atoms with Crippen LogP contribution in [0.25, 0.3) is 0 Å². The molecule has 1 fully saturated rings. The van der Waals surface area contributed by atoms with Gasteiger partial charge in [0.1, 0.15) is 5.82 Å². The fourth-order valence-corrected chi connectivity index (χ4v) is 3.30. The Morgan fingerprint density at radius 2 is 2.16 bits per heavy atom. The third-order valence-electron chi connectivity index (χ3n) is 4.25. The quantitative estimate of drug-likeness (QED) is 0.907. The van der Waals surface area contributed by atoms with Crippen LogP contribution in [0.15, 0.2) is 22.7 Å². The van der Waals surface area contributed by atoms with Crippen molar-refractivity contribution in [2.45, 2.75) is 39.3 Å². The van der Waals surface area contributed by atoms with Gasteiger partial charge in [-0.15, -0.1) is 0 Å². The molecule has 0 spiro atoms. The van der Waals surface area contributed by atoms with E-state index in [4.69, 9.17) is 0 Å². The van der Waals surface area contributed by atoms with Crippen LogP contribution in [0.2, 0.25) is 0 Å². The molecule has 1 aromatic rings. The van der Waals surface area contributed by atoms with Crippen LogP contribution in [0.5, 0.6) is 0 Å². The lowest BCUT2D eigenvalue weighted by atomic mass is 9.86. The fourth-order valence-electron chi connectivity index (χ4n) is 2.97. The Kier molecular flexibility index (Phi) is 4.85. The number of hydrogen-bond donors (Lipinski definition) is 1. The van der Waals surface area contributed by atoms with E-state index in [0.29, 0.717) is 18.0 Å². The largest absolute Gasteiger partial charge is 0.366 e. The van der Waals surface area contributed by atoms with Crippen LogP contribution < -0.4 is 10.2 Å². The number of hydrogen-bond acceptors (Lipinski definition) is 2. The van der Waals surface area contributed by atoms with Crippen molar-refractivity contribution < 1.29 is 4.39 Å². The van der Waals surface area contributed by atoms with Crippen molar-refractivity contribution in [3.8, 4) is 0 Å². The second kappa shape index (κ2) is 6.23. The summed E-state index contributed by atoms with van der Waals surface area (Å²) in [4.78, 5) is 2.19. The van der Waals surface area contributed by atoms with E-state index in [0.717, 1.165) is 29.7 Å². The number of halogens is 2. The number of benzene rings is 1. The van der Waals surface area contributed by atoms with Gasteiger partial charge in [0.15, 0.2) is 0 Å². The highest BCUT2D eigenvalue weighted by Gasteiger charge is 2.32. The monoisotopic (exact) mass is 328 g/mol. The van der Waals surface area contributed by atoms with Crippen LogP contribution >= 0.6 is 15.9 Å². The number of nitrogens with one attached hydrogen (secondary N) is 1. The predicted molar refractivity (Wildman–Crippen MR) is 82.2 cm³/mol. The average molecular weight is 329 g/mol. The van der Waals surface area contributed by atoms with Gasteiger partial charge < -0.3 is 10.2 Å². The third-order valence-corrected chi connectivity index (χ3v) is 4.75. The van der Waals surface area contributed by atoms with E-state index in [1.54, 1.807) is 6.07 Å². The highest BCUT2D eigenvalue weighted by atomic mass is 79.9. The number of nitrogens with zero attached hydrogens (tertiary/aromatic N) is 1. The van der Waals surface area contributed by atoms with Gasteiger partial charge in [-0.25, -0.2) is 4.39 Å². The van der Waals surface area contributed by atoms with Gasteiger partial charge in [0.2, 0.25) is 0 Å². The highest BCUT2D eigenvalue weighted by Crippen LogP contribution is 2.31. The maximum Gasteiger partial charge on any atom is 0.147 e. The van der Waals surface area contributed by atoms with Crippen molar-refractivity contribution in [3.05, 3.63) is 28.5 Å². The van der Waals surface area contributed by atoms with Crippen LogP contribution in [0, 0.1) is 11.7 Å². The molecule has 1 heterocycles. The van der Waals surface area contributed by atoms with Gasteiger partial charge in [-0.05, 0) is 44.0 Å². The van der Waals surface area contributed by atoms with Crippen LogP contribution in [0.4, 0.5) is 10.1 Å². The Morgan fingerprint density at radius 1 is 1.42 bits per heavy atom. The normalized spacial score (nSPS) is 27.6. The number of rotatable bonds is 3. The molecule has 4 heteroatoms. The van der Waals surface area contributed by atoms with Crippen LogP contribution in [-0.2, 0) is 0 Å². The van der Waals surface area contributed by atoms with Gasteiger partial charge in [-0.3, -0.25) is 0 Å². The van der Waals surface area contributed by atoms with Crippen molar-refractivity contribution >= 4 is 21.6 Å². The van der Waals surface area contributed by atoms with Gasteiger partial charge in [0.25, 0.3) is 0 Å². The second-order valence-corrected chi connectivity index (χ2v) is 6.26. The lowest BCUT2D eigenvalue weighted by molar-refractivity contribution is 0.273. The van der Waals surface area contributed by atoms with Crippen molar-refractivity contribution in [1.82, 2.24) is 5.32 Å². The highest BCUT2D eigenvalue weighted by molar-refractivity contribution is 9.10. The lowest BCUT2D eigenvalue weighted by Crippen LogP contribution is -2.53. The Bertz CT molecular complexity index is 438. The van der Waals surface area contributed by atoms with E-state index in [9.17, 15) is 4.39 Å². The summed E-state index contributed by atoms with van der Waals surface area (Å²) in [7, 11) is 0. The zero-order chi connectivity index (χ0) is 14.0. The average Bonchev–Trinajstić information content (AvgIpc) is 2.37. The van der Waals surface area contributed by atoms with Crippen molar-refractivity contribution in [3.63, 3.8) is 0 Å². The Hall–Kier alpha value is -0.610. The van der Waals surface area contributed by atoms with E-state index in [1.807, 2.05) is 12.1 Å². The summed E-state index contributed by atoms with van der Waals surface area (Å²) in [6, 6.07) is 6.20. The van der Waals surface area contributed by atoms with Gasteiger partial charge in [0, 0.05) is 23.1 Å². The first-order valence-electron chi connectivity index (χ1n) is 6.99. The first-order valence-corrected chi connectivity index (χ1v) is 7.79. The van der Waals surface area contributed by atoms with Gasteiger partial charge in [-0.1, -0.05) is 29.8 Å². The van der Waals surface area contributed by atoms with E-state index >= 15 is 0 Å². The molecule has 0 saturated carbocycles. The molecule has 3 unspecified atom stereocenters. The molecule has 106 valence electrons. The molecule has 1 aromatic carbocycles. The molecule has 19 heavy (non-hydrogen) atoms. The van der Waals surface area contributed by atoms with Gasteiger partial charge in [-0.2, -0.15) is 0 Å². The summed E-state index contributed by atoms with van der Waals surface area (Å²) in [6.07, 6.45) is 1.06.